The van der Waals surface area contributed by atoms with Gasteiger partial charge in [0.25, 0.3) is 5.91 Å². The van der Waals surface area contributed by atoms with Gasteiger partial charge in [0.2, 0.25) is 0 Å². The number of aromatic nitrogens is 2. The highest BCUT2D eigenvalue weighted by molar-refractivity contribution is 5.99. The van der Waals surface area contributed by atoms with Crippen LogP contribution in [-0.4, -0.2) is 45.0 Å². The number of piperidine rings is 1. The predicted molar refractivity (Wildman–Crippen MR) is 178 cm³/mol. The molecule has 3 aromatic carbocycles. The smallest absolute Gasteiger partial charge is 0.395 e. The maximum atomic E-state index is 13.5. The van der Waals surface area contributed by atoms with Gasteiger partial charge in [0.1, 0.15) is 5.82 Å². The molecule has 0 saturated carbocycles. The number of carbonyl (C=O) groups excluding carboxylic acids is 2. The monoisotopic (exact) mass is 655 g/mol. The van der Waals surface area contributed by atoms with Crippen molar-refractivity contribution in [1.29, 1.82) is 0 Å². The molecule has 3 aliphatic rings. The number of amides is 3. The van der Waals surface area contributed by atoms with E-state index in [0.29, 0.717) is 23.0 Å². The van der Waals surface area contributed by atoms with Crippen molar-refractivity contribution in [1.82, 2.24) is 14.7 Å². The number of halogens is 2. The summed E-state index contributed by atoms with van der Waals surface area (Å²) in [5.41, 5.74) is 4.77. The number of alkyl halides is 2. The fraction of sp³-hybridized carbons (Fsp3) is 0.378. The zero-order valence-electron chi connectivity index (χ0n) is 27.4. The van der Waals surface area contributed by atoms with Crippen LogP contribution in [0.25, 0.3) is 5.69 Å². The summed E-state index contributed by atoms with van der Waals surface area (Å²) in [5.74, 6) is 0.578. The summed E-state index contributed by atoms with van der Waals surface area (Å²) in [5, 5.41) is 10.8. The van der Waals surface area contributed by atoms with Gasteiger partial charge in [-0.15, -0.1) is 8.78 Å². The number of hydrogen-bond acceptors (Lipinski definition) is 5. The Bertz CT molecular complexity index is 1850. The molecule has 0 spiro atoms. The van der Waals surface area contributed by atoms with E-state index in [0.717, 1.165) is 54.6 Å². The van der Waals surface area contributed by atoms with Gasteiger partial charge in [-0.3, -0.25) is 10.1 Å². The third-order valence-electron chi connectivity index (χ3n) is 9.42. The Hall–Kier alpha value is -4.93. The summed E-state index contributed by atoms with van der Waals surface area (Å²) < 4.78 is 37.8. The first-order chi connectivity index (χ1) is 22.8. The van der Waals surface area contributed by atoms with E-state index in [4.69, 9.17) is 5.10 Å². The highest BCUT2D eigenvalue weighted by atomic mass is 19.3. The van der Waals surface area contributed by atoms with Crippen molar-refractivity contribution in [3.05, 3.63) is 95.2 Å². The summed E-state index contributed by atoms with van der Waals surface area (Å²) in [6.45, 7) is 8.28. The molecule has 48 heavy (non-hydrogen) atoms. The molecule has 4 aromatic rings. The lowest BCUT2D eigenvalue weighted by atomic mass is 9.85. The molecule has 7 rings (SSSR count). The normalized spacial score (nSPS) is 20.9. The summed E-state index contributed by atoms with van der Waals surface area (Å²) in [4.78, 5) is 28.7. The molecule has 2 atom stereocenters. The summed E-state index contributed by atoms with van der Waals surface area (Å²) in [6, 6.07) is 21.8. The van der Waals surface area contributed by atoms with Gasteiger partial charge < -0.3 is 19.7 Å². The van der Waals surface area contributed by atoms with Crippen LogP contribution >= 0.6 is 0 Å². The molecule has 4 heterocycles. The van der Waals surface area contributed by atoms with Crippen LogP contribution in [0.3, 0.4) is 0 Å². The number of rotatable bonds is 6. The van der Waals surface area contributed by atoms with E-state index in [-0.39, 0.29) is 40.9 Å². The van der Waals surface area contributed by atoms with Gasteiger partial charge in [0, 0.05) is 34.8 Å². The molecule has 0 aliphatic carbocycles. The van der Waals surface area contributed by atoms with Crippen molar-refractivity contribution >= 4 is 23.4 Å². The lowest BCUT2D eigenvalue weighted by Gasteiger charge is -2.39. The highest BCUT2D eigenvalue weighted by Crippen LogP contribution is 2.44. The largest absolute Gasteiger partial charge is 0.586 e. The number of benzene rings is 3. The van der Waals surface area contributed by atoms with E-state index in [2.05, 4.69) is 46.9 Å². The van der Waals surface area contributed by atoms with E-state index in [1.807, 2.05) is 60.4 Å². The van der Waals surface area contributed by atoms with E-state index < -0.39 is 6.29 Å². The van der Waals surface area contributed by atoms with Crippen molar-refractivity contribution < 1.29 is 27.8 Å². The van der Waals surface area contributed by atoms with Crippen molar-refractivity contribution in [2.75, 3.05) is 10.6 Å². The summed E-state index contributed by atoms with van der Waals surface area (Å²) >= 11 is 0. The van der Waals surface area contributed by atoms with E-state index in [1.54, 1.807) is 4.68 Å². The van der Waals surface area contributed by atoms with Gasteiger partial charge in [-0.2, -0.15) is 5.10 Å². The average molecular weight is 656 g/mol. The Morgan fingerprint density at radius 2 is 1.62 bits per heavy atom. The van der Waals surface area contributed by atoms with Gasteiger partial charge in [-0.05, 0) is 93.0 Å². The zero-order valence-corrected chi connectivity index (χ0v) is 27.4. The van der Waals surface area contributed by atoms with Crippen LogP contribution in [-0.2, 0) is 11.8 Å². The van der Waals surface area contributed by atoms with E-state index in [1.165, 1.54) is 18.2 Å². The second-order valence-electron chi connectivity index (χ2n) is 14.2. The number of carbonyl (C=O) groups is 2. The Balaban J connectivity index is 0.993. The standard InChI is InChI=1S/C37H39F2N5O4/c1-22-8-11-27(12-9-22)44-33(21-32(42-44)36(2,3)4)41-35(46)40-26-7-5-6-23(17-26)16-24-18-28-13-14-29(19-24)43(28)34(45)25-10-15-30-31(20-25)48-37(38,39)47-30/h5-12,15,17,20-21,24,28-29H,13-14,16,18-19H2,1-4H3,(H2,40,41,46). The first-order valence-corrected chi connectivity index (χ1v) is 16.4. The number of nitrogens with zero attached hydrogens (tertiary/aromatic N) is 3. The molecule has 11 heteroatoms. The molecule has 2 bridgehead atoms. The molecule has 2 unspecified atom stereocenters. The van der Waals surface area contributed by atoms with Crippen LogP contribution < -0.4 is 20.1 Å². The molecular weight excluding hydrogens is 616 g/mol. The number of aryl methyl sites for hydroxylation is 1. The number of nitrogens with one attached hydrogen (secondary N) is 2. The number of urea groups is 1. The molecule has 9 nitrogen and oxygen atoms in total. The topological polar surface area (TPSA) is 97.7 Å². The molecule has 1 aromatic heterocycles. The minimum Gasteiger partial charge on any atom is -0.395 e. The average Bonchev–Trinajstić information content (AvgIpc) is 3.66. The van der Waals surface area contributed by atoms with Gasteiger partial charge in [0.15, 0.2) is 11.5 Å². The Morgan fingerprint density at radius 3 is 2.33 bits per heavy atom. The van der Waals surface area contributed by atoms with E-state index >= 15 is 0 Å². The van der Waals surface area contributed by atoms with Crippen molar-refractivity contribution in [3.63, 3.8) is 0 Å². The van der Waals surface area contributed by atoms with Crippen LogP contribution in [0.4, 0.5) is 25.1 Å². The maximum Gasteiger partial charge on any atom is 0.586 e. The Labute approximate surface area is 278 Å². The number of fused-ring (bicyclic) bond motifs is 3. The van der Waals surface area contributed by atoms with Crippen LogP contribution in [0.1, 0.15) is 73.6 Å². The van der Waals surface area contributed by atoms with Gasteiger partial charge in [-0.1, -0.05) is 50.6 Å². The zero-order chi connectivity index (χ0) is 33.8. The molecule has 2 N–H and O–H groups in total. The minimum absolute atomic E-state index is 0.0732. The van der Waals surface area contributed by atoms with Crippen LogP contribution in [0.2, 0.25) is 0 Å². The Kier molecular flexibility index (Phi) is 7.88. The first-order valence-electron chi connectivity index (χ1n) is 16.4. The fourth-order valence-electron chi connectivity index (χ4n) is 7.13. The summed E-state index contributed by atoms with van der Waals surface area (Å²) in [6.07, 6.45) is 0.616. The minimum atomic E-state index is -3.72. The number of ether oxygens (including phenoxy) is 2. The molecule has 0 radical (unpaired) electrons. The van der Waals surface area contributed by atoms with Crippen LogP contribution in [0.15, 0.2) is 72.8 Å². The van der Waals surface area contributed by atoms with Crippen molar-refractivity contribution in [2.24, 2.45) is 5.92 Å². The second kappa shape index (κ2) is 11.9. The Morgan fingerprint density at radius 1 is 0.917 bits per heavy atom. The van der Waals surface area contributed by atoms with Crippen molar-refractivity contribution in [3.8, 4) is 17.2 Å². The van der Waals surface area contributed by atoms with Gasteiger partial charge in [-0.25, -0.2) is 9.48 Å². The predicted octanol–water partition coefficient (Wildman–Crippen LogP) is 8.07. The quantitative estimate of drug-likeness (QED) is 0.219. The van der Waals surface area contributed by atoms with Crippen LogP contribution in [0, 0.1) is 12.8 Å². The SMILES string of the molecule is Cc1ccc(-n2nc(C(C)(C)C)cc2NC(=O)Nc2cccc(CC3CC4CCC(C3)N4C(=O)c3ccc4c(c3)OC(F)(F)O4)c2)cc1. The summed E-state index contributed by atoms with van der Waals surface area (Å²) in [7, 11) is 0. The molecule has 2 fully saturated rings. The lowest BCUT2D eigenvalue weighted by Crippen LogP contribution is -2.46. The van der Waals surface area contributed by atoms with E-state index in [9.17, 15) is 18.4 Å². The molecule has 3 amide bonds. The number of hydrogen-bond donors (Lipinski definition) is 2. The fourth-order valence-corrected chi connectivity index (χ4v) is 7.13. The second-order valence-corrected chi connectivity index (χ2v) is 14.2. The highest BCUT2D eigenvalue weighted by Gasteiger charge is 2.46. The number of anilines is 2. The first kappa shape index (κ1) is 31.7. The molecular formula is C37H39F2N5O4. The third-order valence-corrected chi connectivity index (χ3v) is 9.42. The molecule has 3 aliphatic heterocycles. The maximum absolute atomic E-state index is 13.5. The lowest BCUT2D eigenvalue weighted by molar-refractivity contribution is -0.286. The molecule has 250 valence electrons. The van der Waals surface area contributed by atoms with Gasteiger partial charge >= 0.3 is 12.3 Å². The molecule has 2 saturated heterocycles. The van der Waals surface area contributed by atoms with Gasteiger partial charge in [0.05, 0.1) is 11.4 Å². The van der Waals surface area contributed by atoms with Crippen molar-refractivity contribution in [2.45, 2.75) is 83.6 Å². The van der Waals surface area contributed by atoms with Crippen LogP contribution in [0.5, 0.6) is 11.5 Å². The third kappa shape index (κ3) is 6.46.